The lowest BCUT2D eigenvalue weighted by Gasteiger charge is -2.41. The van der Waals surface area contributed by atoms with Crippen LogP contribution in [0.5, 0.6) is 0 Å². The Bertz CT molecular complexity index is 750. The zero-order valence-corrected chi connectivity index (χ0v) is 17.7. The van der Waals surface area contributed by atoms with E-state index in [0.717, 1.165) is 61.4 Å². The summed E-state index contributed by atoms with van der Waals surface area (Å²) in [5, 5.41) is 1.51. The fraction of sp³-hybridized carbons (Fsp3) is 0.524. The lowest BCUT2D eigenvalue weighted by molar-refractivity contribution is 0.218. The average Bonchev–Trinajstić information content (AvgIpc) is 2.67. The molecule has 1 aromatic heterocycles. The second-order valence-electron chi connectivity index (χ2n) is 7.67. The van der Waals surface area contributed by atoms with Crippen LogP contribution in [0, 0.1) is 5.41 Å². The molecule has 0 aliphatic carbocycles. The van der Waals surface area contributed by atoms with E-state index in [0.29, 0.717) is 11.5 Å². The maximum atomic E-state index is 6.27. The smallest absolute Gasteiger partial charge is 0.152 e. The molecular weight excluding hydrogens is 350 g/mol. The molecule has 0 atom stereocenters. The number of hydrogen-bond donors (Lipinski definition) is 3. The summed E-state index contributed by atoms with van der Waals surface area (Å²) in [6, 6.07) is 0. The van der Waals surface area contributed by atoms with Gasteiger partial charge >= 0.3 is 0 Å². The Labute approximate surface area is 169 Å². The van der Waals surface area contributed by atoms with Gasteiger partial charge in [-0.15, -0.1) is 0 Å². The molecule has 0 saturated carbocycles. The highest BCUT2D eigenvalue weighted by molar-refractivity contribution is 5.84. The van der Waals surface area contributed by atoms with Crippen LogP contribution in [0.15, 0.2) is 36.2 Å². The number of nitrogens with zero attached hydrogens (tertiary/aromatic N) is 4. The predicted octanol–water partition coefficient (Wildman–Crippen LogP) is 2.68. The van der Waals surface area contributed by atoms with Crippen molar-refractivity contribution in [3.05, 3.63) is 41.9 Å². The van der Waals surface area contributed by atoms with E-state index in [9.17, 15) is 0 Å². The topological polar surface area (TPSA) is 110 Å². The van der Waals surface area contributed by atoms with Crippen molar-refractivity contribution >= 4 is 17.2 Å². The number of nitrogen functional groups attached to an aromatic ring is 1. The van der Waals surface area contributed by atoms with Gasteiger partial charge in [-0.25, -0.2) is 15.8 Å². The highest BCUT2D eigenvalue weighted by Gasteiger charge is 2.32. The normalized spacial score (nSPS) is 17.6. The van der Waals surface area contributed by atoms with E-state index in [1.807, 2.05) is 26.1 Å². The molecule has 0 bridgehead atoms. The van der Waals surface area contributed by atoms with Crippen LogP contribution < -0.4 is 22.2 Å². The minimum atomic E-state index is 0.255. The predicted molar refractivity (Wildman–Crippen MR) is 118 cm³/mol. The molecule has 1 fully saturated rings. The average molecular weight is 386 g/mol. The number of hydrogen-bond acceptors (Lipinski definition) is 7. The van der Waals surface area contributed by atoms with Gasteiger partial charge in [0.1, 0.15) is 11.5 Å². The number of anilines is 2. The van der Waals surface area contributed by atoms with Crippen molar-refractivity contribution in [2.75, 3.05) is 37.3 Å². The van der Waals surface area contributed by atoms with Crippen LogP contribution in [0.4, 0.5) is 11.6 Å². The zero-order chi connectivity index (χ0) is 20.9. The summed E-state index contributed by atoms with van der Waals surface area (Å²) in [6.07, 6.45) is 8.85. The van der Waals surface area contributed by atoms with Crippen LogP contribution in [-0.4, -0.2) is 41.7 Å². The molecule has 0 spiro atoms. The second-order valence-corrected chi connectivity index (χ2v) is 7.67. The van der Waals surface area contributed by atoms with Gasteiger partial charge in [0, 0.05) is 31.9 Å². The standard InChI is InChI=1S/C21H35N7/c1-6-17(15(3)13-27(5)24)16(4)19-20(23)26-18(12-25-19)28-10-8-21(7-2,14-22)9-11-28/h6,12-13H,4,7-11,14,22,24H2,1-3,5H3,(H2,23,26)/b15-13-,17-6+. The molecule has 2 heterocycles. The molecule has 28 heavy (non-hydrogen) atoms. The van der Waals surface area contributed by atoms with Crippen molar-refractivity contribution in [3.8, 4) is 0 Å². The molecule has 154 valence electrons. The van der Waals surface area contributed by atoms with Gasteiger partial charge in [0.25, 0.3) is 0 Å². The van der Waals surface area contributed by atoms with Crippen LogP contribution in [0.25, 0.3) is 5.57 Å². The summed E-state index contributed by atoms with van der Waals surface area (Å²) in [4.78, 5) is 11.5. The number of allylic oxidation sites excluding steroid dienone is 4. The summed E-state index contributed by atoms with van der Waals surface area (Å²) in [7, 11) is 1.78. The lowest BCUT2D eigenvalue weighted by atomic mass is 9.76. The lowest BCUT2D eigenvalue weighted by Crippen LogP contribution is -2.44. The maximum Gasteiger partial charge on any atom is 0.152 e. The van der Waals surface area contributed by atoms with Crippen LogP contribution in [-0.2, 0) is 0 Å². The molecule has 7 heteroatoms. The third-order valence-electron chi connectivity index (χ3n) is 5.84. The monoisotopic (exact) mass is 385 g/mol. The van der Waals surface area contributed by atoms with E-state index < -0.39 is 0 Å². The van der Waals surface area contributed by atoms with E-state index in [2.05, 4.69) is 28.4 Å². The molecule has 0 amide bonds. The Hall–Kier alpha value is -2.38. The minimum absolute atomic E-state index is 0.255. The number of hydrazine groups is 1. The molecular formula is C21H35N7. The number of piperidine rings is 1. The van der Waals surface area contributed by atoms with Crippen LogP contribution >= 0.6 is 0 Å². The Balaban J connectivity index is 2.20. The molecule has 1 aromatic rings. The largest absolute Gasteiger partial charge is 0.382 e. The third kappa shape index (κ3) is 4.72. The molecule has 6 N–H and O–H groups in total. The molecule has 0 aromatic carbocycles. The van der Waals surface area contributed by atoms with Crippen molar-refractivity contribution in [3.63, 3.8) is 0 Å². The minimum Gasteiger partial charge on any atom is -0.382 e. The summed E-state index contributed by atoms with van der Waals surface area (Å²) in [5.74, 6) is 6.93. The first kappa shape index (κ1) is 21.9. The Morgan fingerprint density at radius 2 is 2.04 bits per heavy atom. The first-order chi connectivity index (χ1) is 13.3. The molecule has 2 rings (SSSR count). The maximum absolute atomic E-state index is 6.27. The van der Waals surface area contributed by atoms with Gasteiger partial charge in [-0.1, -0.05) is 19.6 Å². The van der Waals surface area contributed by atoms with Crippen molar-refractivity contribution < 1.29 is 0 Å². The van der Waals surface area contributed by atoms with Gasteiger partial charge in [0.05, 0.1) is 6.20 Å². The van der Waals surface area contributed by atoms with Crippen LogP contribution in [0.2, 0.25) is 0 Å². The van der Waals surface area contributed by atoms with Crippen molar-refractivity contribution in [1.29, 1.82) is 0 Å². The first-order valence-electron chi connectivity index (χ1n) is 9.86. The number of rotatable bonds is 7. The summed E-state index contributed by atoms with van der Waals surface area (Å²) < 4.78 is 0. The highest BCUT2D eigenvalue weighted by Crippen LogP contribution is 2.35. The molecule has 0 unspecified atom stereocenters. The van der Waals surface area contributed by atoms with Gasteiger partial charge in [0.2, 0.25) is 0 Å². The fourth-order valence-corrected chi connectivity index (χ4v) is 3.83. The van der Waals surface area contributed by atoms with E-state index >= 15 is 0 Å². The summed E-state index contributed by atoms with van der Waals surface area (Å²) >= 11 is 0. The van der Waals surface area contributed by atoms with E-state index in [-0.39, 0.29) is 5.41 Å². The van der Waals surface area contributed by atoms with E-state index in [4.69, 9.17) is 17.3 Å². The highest BCUT2D eigenvalue weighted by atomic mass is 15.4. The third-order valence-corrected chi connectivity index (χ3v) is 5.84. The van der Waals surface area contributed by atoms with E-state index in [1.165, 1.54) is 5.01 Å². The van der Waals surface area contributed by atoms with Crippen LogP contribution in [0.1, 0.15) is 45.7 Å². The van der Waals surface area contributed by atoms with E-state index in [1.54, 1.807) is 13.2 Å². The van der Waals surface area contributed by atoms with Gasteiger partial charge < -0.3 is 21.4 Å². The quantitative estimate of drug-likeness (QED) is 0.376. The van der Waals surface area contributed by atoms with Crippen LogP contribution in [0.3, 0.4) is 0 Å². The number of nitrogens with two attached hydrogens (primary N) is 3. The zero-order valence-electron chi connectivity index (χ0n) is 17.7. The Morgan fingerprint density at radius 1 is 1.39 bits per heavy atom. The Kier molecular flexibility index (Phi) is 7.21. The second kappa shape index (κ2) is 9.21. The molecule has 7 nitrogen and oxygen atoms in total. The van der Waals surface area contributed by atoms with Crippen molar-refractivity contribution in [1.82, 2.24) is 15.0 Å². The SMILES string of the molecule is C=C(C(=C/C)/C(C)=C\N(C)N)c1ncc(N2CCC(CC)(CN)CC2)nc1N. The van der Waals surface area contributed by atoms with Crippen molar-refractivity contribution in [2.24, 2.45) is 17.0 Å². The summed E-state index contributed by atoms with van der Waals surface area (Å²) in [5.41, 5.74) is 15.8. The molecule has 0 radical (unpaired) electrons. The fourth-order valence-electron chi connectivity index (χ4n) is 3.83. The molecule has 1 saturated heterocycles. The molecule has 1 aliphatic heterocycles. The Morgan fingerprint density at radius 3 is 2.50 bits per heavy atom. The van der Waals surface area contributed by atoms with Gasteiger partial charge in [-0.2, -0.15) is 0 Å². The van der Waals surface area contributed by atoms with Crippen molar-refractivity contribution in [2.45, 2.75) is 40.0 Å². The number of aromatic nitrogens is 2. The first-order valence-corrected chi connectivity index (χ1v) is 9.86. The van der Waals surface area contributed by atoms with Gasteiger partial charge in [-0.3, -0.25) is 0 Å². The molecule has 1 aliphatic rings. The van der Waals surface area contributed by atoms with Gasteiger partial charge in [0.15, 0.2) is 5.82 Å². The summed E-state index contributed by atoms with van der Waals surface area (Å²) in [6.45, 7) is 12.9. The van der Waals surface area contributed by atoms with Gasteiger partial charge in [-0.05, 0) is 56.2 Å².